The van der Waals surface area contributed by atoms with Crippen molar-refractivity contribution >= 4 is 21.6 Å². The second-order valence-electron chi connectivity index (χ2n) is 6.17. The van der Waals surface area contributed by atoms with Crippen LogP contribution in [0.1, 0.15) is 22.7 Å². The SMILES string of the molecule is COc1ccc(Cl)cc1S(=O)(=O)NC(c1ccccc1)c1ccc(C)cc1. The number of halogens is 1. The second kappa shape index (κ2) is 8.13. The van der Waals surface area contributed by atoms with Crippen molar-refractivity contribution in [3.63, 3.8) is 0 Å². The third kappa shape index (κ3) is 4.50. The van der Waals surface area contributed by atoms with Crippen LogP contribution in [0.3, 0.4) is 0 Å². The van der Waals surface area contributed by atoms with Gasteiger partial charge in [0.15, 0.2) is 0 Å². The molecule has 3 aromatic carbocycles. The Kier molecular flexibility index (Phi) is 5.85. The number of benzene rings is 3. The van der Waals surface area contributed by atoms with Crippen LogP contribution >= 0.6 is 11.6 Å². The highest BCUT2D eigenvalue weighted by Crippen LogP contribution is 2.30. The molecule has 27 heavy (non-hydrogen) atoms. The van der Waals surface area contributed by atoms with Gasteiger partial charge in [0.1, 0.15) is 10.6 Å². The van der Waals surface area contributed by atoms with Crippen LogP contribution in [0.2, 0.25) is 5.02 Å². The average molecular weight is 402 g/mol. The fourth-order valence-electron chi connectivity index (χ4n) is 2.81. The number of methoxy groups -OCH3 is 1. The van der Waals surface area contributed by atoms with Gasteiger partial charge in [-0.15, -0.1) is 0 Å². The van der Waals surface area contributed by atoms with E-state index in [0.717, 1.165) is 16.7 Å². The van der Waals surface area contributed by atoms with Crippen LogP contribution in [0.15, 0.2) is 77.7 Å². The average Bonchev–Trinajstić information content (AvgIpc) is 2.67. The molecule has 1 unspecified atom stereocenters. The highest BCUT2D eigenvalue weighted by molar-refractivity contribution is 7.89. The Bertz CT molecular complexity index is 1020. The maximum Gasteiger partial charge on any atom is 0.245 e. The van der Waals surface area contributed by atoms with Gasteiger partial charge in [-0.05, 0) is 36.2 Å². The quantitative estimate of drug-likeness (QED) is 0.649. The summed E-state index contributed by atoms with van der Waals surface area (Å²) in [5.41, 5.74) is 2.78. The van der Waals surface area contributed by atoms with Gasteiger partial charge >= 0.3 is 0 Å². The zero-order valence-electron chi connectivity index (χ0n) is 15.0. The zero-order valence-corrected chi connectivity index (χ0v) is 16.6. The molecule has 3 aromatic rings. The van der Waals surface area contributed by atoms with Crippen LogP contribution in [0.25, 0.3) is 0 Å². The van der Waals surface area contributed by atoms with Crippen LogP contribution in [-0.4, -0.2) is 15.5 Å². The lowest BCUT2D eigenvalue weighted by molar-refractivity contribution is 0.402. The molecule has 0 aromatic heterocycles. The number of nitrogens with one attached hydrogen (secondary N) is 1. The third-order valence-corrected chi connectivity index (χ3v) is 5.91. The molecule has 140 valence electrons. The minimum Gasteiger partial charge on any atom is -0.495 e. The molecule has 0 fully saturated rings. The van der Waals surface area contributed by atoms with E-state index in [9.17, 15) is 8.42 Å². The Hall–Kier alpha value is -2.34. The summed E-state index contributed by atoms with van der Waals surface area (Å²) in [4.78, 5) is 0.00513. The predicted molar refractivity (Wildman–Crippen MR) is 108 cm³/mol. The summed E-state index contributed by atoms with van der Waals surface area (Å²) in [6.45, 7) is 1.99. The van der Waals surface area contributed by atoms with Gasteiger partial charge in [-0.1, -0.05) is 71.8 Å². The molecule has 0 radical (unpaired) electrons. The summed E-state index contributed by atoms with van der Waals surface area (Å²) < 4.78 is 34.3. The third-order valence-electron chi connectivity index (χ3n) is 4.23. The topological polar surface area (TPSA) is 55.4 Å². The Morgan fingerprint density at radius 2 is 1.56 bits per heavy atom. The molecule has 1 atom stereocenters. The van der Waals surface area contributed by atoms with Crippen LogP contribution in [0.4, 0.5) is 0 Å². The van der Waals surface area contributed by atoms with Gasteiger partial charge in [0.2, 0.25) is 10.0 Å². The smallest absolute Gasteiger partial charge is 0.245 e. The van der Waals surface area contributed by atoms with E-state index in [2.05, 4.69) is 4.72 Å². The summed E-state index contributed by atoms with van der Waals surface area (Å²) >= 11 is 6.02. The molecule has 0 aliphatic carbocycles. The zero-order chi connectivity index (χ0) is 19.4. The van der Waals surface area contributed by atoms with Gasteiger partial charge in [0, 0.05) is 5.02 Å². The van der Waals surface area contributed by atoms with Gasteiger partial charge in [-0.25, -0.2) is 8.42 Å². The van der Waals surface area contributed by atoms with Crippen molar-refractivity contribution in [2.75, 3.05) is 7.11 Å². The van der Waals surface area contributed by atoms with Crippen molar-refractivity contribution < 1.29 is 13.2 Å². The lowest BCUT2D eigenvalue weighted by Gasteiger charge is -2.21. The van der Waals surface area contributed by atoms with Crippen LogP contribution in [0, 0.1) is 6.92 Å². The summed E-state index contributed by atoms with van der Waals surface area (Å²) in [5.74, 6) is 0.239. The van der Waals surface area contributed by atoms with E-state index < -0.39 is 16.1 Å². The first-order valence-corrected chi connectivity index (χ1v) is 10.2. The Labute approximate surface area is 164 Å². The molecule has 0 bridgehead atoms. The monoisotopic (exact) mass is 401 g/mol. The highest BCUT2D eigenvalue weighted by Gasteiger charge is 2.26. The van der Waals surface area contributed by atoms with E-state index in [0.29, 0.717) is 5.02 Å². The van der Waals surface area contributed by atoms with Gasteiger partial charge in [0.25, 0.3) is 0 Å². The largest absolute Gasteiger partial charge is 0.495 e. The van der Waals surface area contributed by atoms with Crippen molar-refractivity contribution in [2.45, 2.75) is 17.9 Å². The first kappa shape index (κ1) is 19.4. The molecule has 0 saturated heterocycles. The molecular formula is C21H20ClNO3S. The minimum atomic E-state index is -3.89. The molecule has 0 amide bonds. The van der Waals surface area contributed by atoms with Crippen molar-refractivity contribution in [3.8, 4) is 5.75 Å². The van der Waals surface area contributed by atoms with Gasteiger partial charge in [0.05, 0.1) is 13.2 Å². The number of rotatable bonds is 6. The highest BCUT2D eigenvalue weighted by atomic mass is 35.5. The first-order chi connectivity index (χ1) is 12.9. The standard InChI is InChI=1S/C21H20ClNO3S/c1-15-8-10-17(11-9-15)21(16-6-4-3-5-7-16)23-27(24,25)20-14-18(22)12-13-19(20)26-2/h3-14,21,23H,1-2H3. The minimum absolute atomic E-state index is 0.00513. The number of sulfonamides is 1. The van der Waals surface area contributed by atoms with Gasteiger partial charge in [-0.3, -0.25) is 0 Å². The maximum atomic E-state index is 13.1. The van der Waals surface area contributed by atoms with E-state index in [4.69, 9.17) is 16.3 Å². The number of hydrogen-bond acceptors (Lipinski definition) is 3. The van der Waals surface area contributed by atoms with Crippen LogP contribution in [-0.2, 0) is 10.0 Å². The van der Waals surface area contributed by atoms with E-state index in [-0.39, 0.29) is 10.6 Å². The second-order valence-corrected chi connectivity index (χ2v) is 8.29. The predicted octanol–water partition coefficient (Wildman–Crippen LogP) is 4.72. The van der Waals surface area contributed by atoms with Gasteiger partial charge < -0.3 is 4.74 Å². The number of ether oxygens (including phenoxy) is 1. The molecule has 0 saturated carbocycles. The van der Waals surface area contributed by atoms with Crippen molar-refractivity contribution in [2.24, 2.45) is 0 Å². The maximum absolute atomic E-state index is 13.1. The van der Waals surface area contributed by atoms with Crippen molar-refractivity contribution in [1.29, 1.82) is 0 Å². The fourth-order valence-corrected chi connectivity index (χ4v) is 4.46. The number of aryl methyl sites for hydroxylation is 1. The lowest BCUT2D eigenvalue weighted by atomic mass is 9.99. The summed E-state index contributed by atoms with van der Waals surface area (Å²) in [7, 11) is -2.46. The van der Waals surface area contributed by atoms with Crippen LogP contribution in [0.5, 0.6) is 5.75 Å². The van der Waals surface area contributed by atoms with E-state index in [1.54, 1.807) is 12.1 Å². The van der Waals surface area contributed by atoms with Crippen molar-refractivity contribution in [3.05, 3.63) is 94.5 Å². The van der Waals surface area contributed by atoms with Gasteiger partial charge in [-0.2, -0.15) is 4.72 Å². The molecule has 0 heterocycles. The Balaban J connectivity index is 2.06. The first-order valence-electron chi connectivity index (χ1n) is 8.38. The van der Waals surface area contributed by atoms with E-state index in [1.807, 2.05) is 61.5 Å². The van der Waals surface area contributed by atoms with Crippen molar-refractivity contribution in [1.82, 2.24) is 4.72 Å². The molecule has 4 nitrogen and oxygen atoms in total. The normalized spacial score (nSPS) is 12.6. The summed E-state index contributed by atoms with van der Waals surface area (Å²) in [5, 5.41) is 0.322. The Morgan fingerprint density at radius 1 is 0.926 bits per heavy atom. The summed E-state index contributed by atoms with van der Waals surface area (Å²) in [6, 6.07) is 21.2. The van der Waals surface area contributed by atoms with E-state index in [1.165, 1.54) is 13.2 Å². The molecule has 0 aliphatic rings. The lowest BCUT2D eigenvalue weighted by Crippen LogP contribution is -2.29. The molecule has 1 N–H and O–H groups in total. The fraction of sp³-hybridized carbons (Fsp3) is 0.143. The molecular weight excluding hydrogens is 382 g/mol. The molecule has 0 spiro atoms. The molecule has 6 heteroatoms. The van der Waals surface area contributed by atoms with Crippen LogP contribution < -0.4 is 9.46 Å². The van der Waals surface area contributed by atoms with E-state index >= 15 is 0 Å². The summed E-state index contributed by atoms with van der Waals surface area (Å²) in [6.07, 6.45) is 0. The molecule has 3 rings (SSSR count). The molecule has 0 aliphatic heterocycles. The number of hydrogen-bond donors (Lipinski definition) is 1. The Morgan fingerprint density at radius 3 is 2.19 bits per heavy atom.